The fraction of sp³-hybridized carbons (Fsp3) is 0. The summed E-state index contributed by atoms with van der Waals surface area (Å²) in [5.74, 6) is -1.46. The number of fused-ring (bicyclic) bond motifs is 1. The van der Waals surface area contributed by atoms with Gasteiger partial charge in [0.1, 0.15) is 10.5 Å². The summed E-state index contributed by atoms with van der Waals surface area (Å²) in [6.07, 6.45) is 0. The number of carboxylic acids is 1. The molecule has 0 heterocycles. The minimum absolute atomic E-state index is 0.0375. The van der Waals surface area contributed by atoms with Crippen LogP contribution in [-0.2, 0) is 10.1 Å². The van der Waals surface area contributed by atoms with Gasteiger partial charge in [0.15, 0.2) is 5.75 Å². The first-order chi connectivity index (χ1) is 11.0. The third kappa shape index (κ3) is 3.02. The van der Waals surface area contributed by atoms with Gasteiger partial charge in [-0.15, -0.1) is 0 Å². The van der Waals surface area contributed by atoms with Gasteiger partial charge in [-0.1, -0.05) is 42.5 Å². The van der Waals surface area contributed by atoms with Crippen LogP contribution in [0.3, 0.4) is 0 Å². The fourth-order valence-corrected chi connectivity index (χ4v) is 3.17. The molecule has 0 aliphatic carbocycles. The molecule has 23 heavy (non-hydrogen) atoms. The molecular formula is C17H12O5S. The monoisotopic (exact) mass is 328 g/mol. The van der Waals surface area contributed by atoms with Gasteiger partial charge in [-0.2, -0.15) is 8.42 Å². The molecule has 1 N–H and O–H groups in total. The van der Waals surface area contributed by atoms with E-state index in [0.717, 1.165) is 0 Å². The Morgan fingerprint density at radius 1 is 0.870 bits per heavy atom. The summed E-state index contributed by atoms with van der Waals surface area (Å²) >= 11 is 0. The molecule has 0 fully saturated rings. The number of benzene rings is 3. The highest BCUT2D eigenvalue weighted by Gasteiger charge is 2.21. The smallest absolute Gasteiger partial charge is 0.339 e. The second kappa shape index (κ2) is 5.73. The fourth-order valence-electron chi connectivity index (χ4n) is 2.21. The van der Waals surface area contributed by atoms with Crippen LogP contribution in [0.25, 0.3) is 10.8 Å². The molecule has 3 aromatic rings. The van der Waals surface area contributed by atoms with Crippen molar-refractivity contribution in [2.75, 3.05) is 0 Å². The van der Waals surface area contributed by atoms with Crippen molar-refractivity contribution in [3.05, 3.63) is 72.3 Å². The summed E-state index contributed by atoms with van der Waals surface area (Å²) in [7, 11) is -4.10. The third-order valence-corrected chi connectivity index (χ3v) is 4.56. The van der Waals surface area contributed by atoms with E-state index in [9.17, 15) is 18.3 Å². The lowest BCUT2D eigenvalue weighted by molar-refractivity contribution is 0.0695. The Morgan fingerprint density at radius 3 is 2.04 bits per heavy atom. The van der Waals surface area contributed by atoms with Crippen molar-refractivity contribution < 1.29 is 22.5 Å². The van der Waals surface area contributed by atoms with Crippen molar-refractivity contribution >= 4 is 26.9 Å². The van der Waals surface area contributed by atoms with E-state index in [-0.39, 0.29) is 16.2 Å². The molecule has 0 saturated heterocycles. The van der Waals surface area contributed by atoms with Crippen LogP contribution in [0.4, 0.5) is 0 Å². The molecule has 0 aliphatic rings. The Labute approximate surface area is 132 Å². The van der Waals surface area contributed by atoms with E-state index in [1.807, 2.05) is 0 Å². The van der Waals surface area contributed by atoms with Gasteiger partial charge in [0, 0.05) is 0 Å². The Hall–Kier alpha value is -2.86. The average Bonchev–Trinajstić information content (AvgIpc) is 2.54. The molecule has 116 valence electrons. The zero-order valence-corrected chi connectivity index (χ0v) is 12.7. The largest absolute Gasteiger partial charge is 0.478 e. The maximum atomic E-state index is 12.3. The maximum Gasteiger partial charge on any atom is 0.339 e. The highest BCUT2D eigenvalue weighted by atomic mass is 32.2. The molecule has 0 bridgehead atoms. The van der Waals surface area contributed by atoms with Crippen molar-refractivity contribution in [1.82, 2.24) is 0 Å². The lowest BCUT2D eigenvalue weighted by Crippen LogP contribution is -2.12. The lowest BCUT2D eigenvalue weighted by Gasteiger charge is -2.11. The van der Waals surface area contributed by atoms with Crippen molar-refractivity contribution in [2.24, 2.45) is 0 Å². The minimum Gasteiger partial charge on any atom is -0.478 e. The predicted molar refractivity (Wildman–Crippen MR) is 85.2 cm³/mol. The van der Waals surface area contributed by atoms with Gasteiger partial charge >= 0.3 is 16.1 Å². The van der Waals surface area contributed by atoms with E-state index in [0.29, 0.717) is 10.8 Å². The van der Waals surface area contributed by atoms with Crippen molar-refractivity contribution in [1.29, 1.82) is 0 Å². The van der Waals surface area contributed by atoms with Crippen molar-refractivity contribution in [3.8, 4) is 5.75 Å². The molecule has 5 nitrogen and oxygen atoms in total. The maximum absolute atomic E-state index is 12.3. The van der Waals surface area contributed by atoms with Gasteiger partial charge in [0.05, 0.1) is 0 Å². The first-order valence-electron chi connectivity index (χ1n) is 6.73. The summed E-state index contributed by atoms with van der Waals surface area (Å²) in [6.45, 7) is 0. The Bertz CT molecular complexity index is 978. The van der Waals surface area contributed by atoms with E-state index >= 15 is 0 Å². The first kappa shape index (κ1) is 15.1. The van der Waals surface area contributed by atoms with Gasteiger partial charge in [-0.25, -0.2) is 4.79 Å². The van der Waals surface area contributed by atoms with Crippen molar-refractivity contribution in [3.63, 3.8) is 0 Å². The summed E-state index contributed by atoms with van der Waals surface area (Å²) in [5.41, 5.74) is -0.205. The summed E-state index contributed by atoms with van der Waals surface area (Å²) < 4.78 is 29.7. The van der Waals surface area contributed by atoms with Gasteiger partial charge in [-0.05, 0) is 35.0 Å². The Balaban J connectivity index is 2.12. The zero-order valence-electron chi connectivity index (χ0n) is 11.8. The van der Waals surface area contributed by atoms with Crippen LogP contribution in [0.15, 0.2) is 71.6 Å². The molecule has 0 radical (unpaired) electrons. The second-order valence-corrected chi connectivity index (χ2v) is 6.40. The standard InChI is InChI=1S/C17H12O5S/c18-17(19)15-10-12-6-4-5-7-13(12)11-16(15)22-23(20,21)14-8-2-1-3-9-14/h1-11H,(H,18,19). The van der Waals surface area contributed by atoms with Crippen LogP contribution in [0.2, 0.25) is 0 Å². The van der Waals surface area contributed by atoms with Crippen LogP contribution in [0.5, 0.6) is 5.75 Å². The van der Waals surface area contributed by atoms with Gasteiger partial charge in [0.2, 0.25) is 0 Å². The van der Waals surface area contributed by atoms with Gasteiger partial charge in [-0.3, -0.25) is 0 Å². The molecule has 0 saturated carbocycles. The summed E-state index contributed by atoms with van der Waals surface area (Å²) in [6, 6.07) is 17.4. The predicted octanol–water partition coefficient (Wildman–Crippen LogP) is 3.31. The summed E-state index contributed by atoms with van der Waals surface area (Å²) in [4.78, 5) is 11.4. The quantitative estimate of drug-likeness (QED) is 0.743. The van der Waals surface area contributed by atoms with Gasteiger partial charge < -0.3 is 9.29 Å². The molecule has 6 heteroatoms. The summed E-state index contributed by atoms with van der Waals surface area (Å²) in [5, 5.41) is 10.7. The zero-order chi connectivity index (χ0) is 16.4. The van der Waals surface area contributed by atoms with Crippen LogP contribution in [0, 0.1) is 0 Å². The first-order valence-corrected chi connectivity index (χ1v) is 8.14. The Morgan fingerprint density at radius 2 is 1.43 bits per heavy atom. The van der Waals surface area contributed by atoms with Crippen LogP contribution < -0.4 is 4.18 Å². The van der Waals surface area contributed by atoms with E-state index in [1.165, 1.54) is 24.3 Å². The van der Waals surface area contributed by atoms with E-state index in [2.05, 4.69) is 0 Å². The molecule has 0 spiro atoms. The number of carbonyl (C=O) groups is 1. The lowest BCUT2D eigenvalue weighted by atomic mass is 10.1. The normalized spacial score (nSPS) is 11.3. The molecule has 0 aromatic heterocycles. The number of hydrogen-bond acceptors (Lipinski definition) is 4. The topological polar surface area (TPSA) is 80.7 Å². The SMILES string of the molecule is O=C(O)c1cc2ccccc2cc1OS(=O)(=O)c1ccccc1. The van der Waals surface area contributed by atoms with Crippen molar-refractivity contribution in [2.45, 2.75) is 4.90 Å². The van der Waals surface area contributed by atoms with Gasteiger partial charge in [0.25, 0.3) is 0 Å². The third-order valence-electron chi connectivity index (χ3n) is 3.31. The average molecular weight is 328 g/mol. The number of carboxylic acid groups (broad SMARTS) is 1. The molecule has 0 aliphatic heterocycles. The minimum atomic E-state index is -4.10. The van der Waals surface area contributed by atoms with Crippen LogP contribution in [0.1, 0.15) is 10.4 Å². The Kier molecular flexibility index (Phi) is 3.75. The highest BCUT2D eigenvalue weighted by Crippen LogP contribution is 2.28. The molecule has 0 amide bonds. The number of rotatable bonds is 4. The van der Waals surface area contributed by atoms with E-state index in [1.54, 1.807) is 42.5 Å². The number of aromatic carboxylic acids is 1. The molecule has 0 unspecified atom stereocenters. The van der Waals surface area contributed by atoms with Crippen LogP contribution >= 0.6 is 0 Å². The van der Waals surface area contributed by atoms with E-state index in [4.69, 9.17) is 4.18 Å². The molecule has 0 atom stereocenters. The molecule has 3 rings (SSSR count). The highest BCUT2D eigenvalue weighted by molar-refractivity contribution is 7.87. The van der Waals surface area contributed by atoms with Crippen LogP contribution in [-0.4, -0.2) is 19.5 Å². The van der Waals surface area contributed by atoms with E-state index < -0.39 is 16.1 Å². The second-order valence-electron chi connectivity index (χ2n) is 4.85. The molecule has 3 aromatic carbocycles. The molecular weight excluding hydrogens is 316 g/mol. The number of hydrogen-bond donors (Lipinski definition) is 1.